The van der Waals surface area contributed by atoms with E-state index >= 15 is 0 Å². The Labute approximate surface area is 203 Å². The molecule has 0 atom stereocenters. The van der Waals surface area contributed by atoms with Crippen LogP contribution in [0.25, 0.3) is 5.76 Å². The zero-order valence-electron chi connectivity index (χ0n) is 18.6. The Morgan fingerprint density at radius 1 is 0.714 bits per heavy atom. The van der Waals surface area contributed by atoms with Gasteiger partial charge in [-0.25, -0.2) is 8.42 Å². The van der Waals surface area contributed by atoms with Crippen molar-refractivity contribution in [1.82, 2.24) is 0 Å². The summed E-state index contributed by atoms with van der Waals surface area (Å²) in [7, 11) is -3.93. The molecule has 1 aliphatic heterocycles. The maximum Gasteiger partial charge on any atom is 0.269 e. The molecule has 0 amide bonds. The van der Waals surface area contributed by atoms with Crippen LogP contribution in [-0.4, -0.2) is 13.3 Å². The van der Waals surface area contributed by atoms with Gasteiger partial charge in [0.2, 0.25) is 9.84 Å². The highest BCUT2D eigenvalue weighted by atomic mass is 32.2. The van der Waals surface area contributed by atoms with Crippen molar-refractivity contribution in [3.8, 4) is 0 Å². The number of non-ortho nitro benzene ring substituents is 1. The Morgan fingerprint density at radius 3 is 1.69 bits per heavy atom. The minimum absolute atomic E-state index is 0.0740. The fourth-order valence-corrected chi connectivity index (χ4v) is 5.99. The number of nitro benzene ring substituents is 1. The number of nitro groups is 1. The number of hydrogen-bond acceptors (Lipinski definition) is 5. The van der Waals surface area contributed by atoms with E-state index in [9.17, 15) is 18.5 Å². The van der Waals surface area contributed by atoms with Gasteiger partial charge in [-0.1, -0.05) is 78.9 Å². The highest BCUT2D eigenvalue weighted by Gasteiger charge is 2.48. The summed E-state index contributed by atoms with van der Waals surface area (Å²) in [6.45, 7) is 0. The van der Waals surface area contributed by atoms with E-state index < -0.39 is 20.4 Å². The van der Waals surface area contributed by atoms with Gasteiger partial charge in [0.25, 0.3) is 5.69 Å². The molecule has 0 saturated carbocycles. The third kappa shape index (κ3) is 4.00. The van der Waals surface area contributed by atoms with Crippen LogP contribution in [0.4, 0.5) is 5.69 Å². The highest BCUT2D eigenvalue weighted by Crippen LogP contribution is 2.52. The Hall–Kier alpha value is -4.23. The van der Waals surface area contributed by atoms with Gasteiger partial charge in [0.05, 0.1) is 14.7 Å². The second kappa shape index (κ2) is 8.85. The standard InChI is InChI=1S/C28H21NO5S/c30-29(31)24-18-16-21(17-19-24)27-26(35(32,33)25-14-8-3-9-15-25)20-28(34-27,22-10-4-1-5-11-22)23-12-6-2-7-13-23/h1-19H,20H2. The quantitative estimate of drug-likeness (QED) is 0.244. The molecule has 1 aliphatic rings. The lowest BCUT2D eigenvalue weighted by atomic mass is 9.84. The van der Waals surface area contributed by atoms with E-state index in [2.05, 4.69) is 0 Å². The molecule has 0 N–H and O–H groups in total. The third-order valence-electron chi connectivity index (χ3n) is 6.14. The normalized spacial score (nSPS) is 15.0. The van der Waals surface area contributed by atoms with Crippen LogP contribution >= 0.6 is 0 Å². The molecule has 0 aromatic heterocycles. The van der Waals surface area contributed by atoms with Crippen LogP contribution < -0.4 is 0 Å². The van der Waals surface area contributed by atoms with Crippen molar-refractivity contribution in [1.29, 1.82) is 0 Å². The maximum atomic E-state index is 13.9. The van der Waals surface area contributed by atoms with Crippen molar-refractivity contribution in [3.63, 3.8) is 0 Å². The van der Waals surface area contributed by atoms with E-state index in [1.165, 1.54) is 24.3 Å². The van der Waals surface area contributed by atoms with Crippen molar-refractivity contribution < 1.29 is 18.1 Å². The Bertz CT molecular complexity index is 1460. The van der Waals surface area contributed by atoms with Crippen molar-refractivity contribution in [3.05, 3.63) is 147 Å². The van der Waals surface area contributed by atoms with Gasteiger partial charge in [0.15, 0.2) is 5.60 Å². The van der Waals surface area contributed by atoms with E-state index in [4.69, 9.17) is 4.74 Å². The molecule has 0 bridgehead atoms. The molecule has 0 fully saturated rings. The second-order valence-electron chi connectivity index (χ2n) is 8.21. The Balaban J connectivity index is 1.74. The Morgan fingerprint density at radius 2 is 1.20 bits per heavy atom. The van der Waals surface area contributed by atoms with Crippen molar-refractivity contribution >= 4 is 21.3 Å². The van der Waals surface area contributed by atoms with E-state index in [0.717, 1.165) is 11.1 Å². The first-order valence-electron chi connectivity index (χ1n) is 11.0. The van der Waals surface area contributed by atoms with Crippen molar-refractivity contribution in [2.24, 2.45) is 0 Å². The van der Waals surface area contributed by atoms with Crippen LogP contribution in [0.15, 0.2) is 125 Å². The molecule has 0 spiro atoms. The summed E-state index contributed by atoms with van der Waals surface area (Å²) in [6, 6.07) is 33.0. The fraction of sp³-hybridized carbons (Fsp3) is 0.0714. The summed E-state index contributed by atoms with van der Waals surface area (Å²) >= 11 is 0. The minimum Gasteiger partial charge on any atom is -0.476 e. The molecule has 0 unspecified atom stereocenters. The first kappa shape index (κ1) is 22.6. The molecule has 0 radical (unpaired) electrons. The average molecular weight is 484 g/mol. The molecule has 174 valence electrons. The average Bonchev–Trinajstić information content (AvgIpc) is 3.33. The molecule has 0 saturated heterocycles. The van der Waals surface area contributed by atoms with Crippen molar-refractivity contribution in [2.45, 2.75) is 16.9 Å². The zero-order chi connectivity index (χ0) is 24.5. The number of ether oxygens (including phenoxy) is 1. The van der Waals surface area contributed by atoms with E-state index in [1.807, 2.05) is 60.7 Å². The van der Waals surface area contributed by atoms with Gasteiger partial charge in [-0.2, -0.15) is 0 Å². The lowest BCUT2D eigenvalue weighted by Crippen LogP contribution is -2.27. The smallest absolute Gasteiger partial charge is 0.269 e. The van der Waals surface area contributed by atoms with Gasteiger partial charge in [-0.3, -0.25) is 10.1 Å². The molecule has 35 heavy (non-hydrogen) atoms. The number of rotatable bonds is 6. The van der Waals surface area contributed by atoms with Gasteiger partial charge in [0, 0.05) is 35.2 Å². The molecule has 4 aromatic carbocycles. The van der Waals surface area contributed by atoms with E-state index in [-0.39, 0.29) is 27.7 Å². The highest BCUT2D eigenvalue weighted by molar-refractivity contribution is 7.95. The zero-order valence-corrected chi connectivity index (χ0v) is 19.4. The second-order valence-corrected chi connectivity index (χ2v) is 10.2. The molecule has 5 rings (SSSR count). The molecular formula is C28H21NO5S. The third-order valence-corrected chi connectivity index (χ3v) is 8.01. The van der Waals surface area contributed by atoms with Crippen LogP contribution in [0.1, 0.15) is 23.1 Å². The summed E-state index contributed by atoms with van der Waals surface area (Å²) in [5.41, 5.74) is 0.903. The number of hydrogen-bond donors (Lipinski definition) is 0. The van der Waals surface area contributed by atoms with Crippen LogP contribution in [-0.2, 0) is 20.2 Å². The van der Waals surface area contributed by atoms with Gasteiger partial charge in [-0.05, 0) is 24.3 Å². The molecule has 4 aromatic rings. The first-order chi connectivity index (χ1) is 16.9. The fourth-order valence-electron chi connectivity index (χ4n) is 4.39. The van der Waals surface area contributed by atoms with Crippen LogP contribution in [0, 0.1) is 10.1 Å². The van der Waals surface area contributed by atoms with Gasteiger partial charge < -0.3 is 4.74 Å². The predicted octanol–water partition coefficient (Wildman–Crippen LogP) is 6.10. The number of nitrogens with zero attached hydrogens (tertiary/aromatic N) is 1. The van der Waals surface area contributed by atoms with Gasteiger partial charge in [0.1, 0.15) is 5.76 Å². The number of sulfone groups is 1. The maximum absolute atomic E-state index is 13.9. The lowest BCUT2D eigenvalue weighted by molar-refractivity contribution is -0.384. The monoisotopic (exact) mass is 483 g/mol. The largest absolute Gasteiger partial charge is 0.476 e. The SMILES string of the molecule is O=[N+]([O-])c1ccc(C2=C(S(=O)(=O)c3ccccc3)CC(c3ccccc3)(c3ccccc3)O2)cc1. The molecule has 0 aliphatic carbocycles. The summed E-state index contributed by atoms with van der Waals surface area (Å²) in [5, 5.41) is 11.2. The lowest BCUT2D eigenvalue weighted by Gasteiger charge is -2.31. The van der Waals surface area contributed by atoms with Gasteiger partial charge in [-0.15, -0.1) is 0 Å². The van der Waals surface area contributed by atoms with Gasteiger partial charge >= 0.3 is 0 Å². The number of benzene rings is 4. The summed E-state index contributed by atoms with van der Waals surface area (Å²) in [6.07, 6.45) is 0.0740. The molecule has 1 heterocycles. The van der Waals surface area contributed by atoms with Crippen LogP contribution in [0.2, 0.25) is 0 Å². The van der Waals surface area contributed by atoms with E-state index in [0.29, 0.717) is 5.56 Å². The Kier molecular flexibility index (Phi) is 5.70. The summed E-state index contributed by atoms with van der Waals surface area (Å²) in [4.78, 5) is 11.0. The topological polar surface area (TPSA) is 86.5 Å². The first-order valence-corrected chi connectivity index (χ1v) is 12.5. The molecular weight excluding hydrogens is 462 g/mol. The molecule has 6 nitrogen and oxygen atoms in total. The predicted molar refractivity (Wildman–Crippen MR) is 133 cm³/mol. The summed E-state index contributed by atoms with van der Waals surface area (Å²) < 4.78 is 34.5. The van der Waals surface area contributed by atoms with Crippen LogP contribution in [0.5, 0.6) is 0 Å². The molecule has 7 heteroatoms. The summed E-state index contributed by atoms with van der Waals surface area (Å²) in [5.74, 6) is 0.191. The van der Waals surface area contributed by atoms with E-state index in [1.54, 1.807) is 30.3 Å². The minimum atomic E-state index is -3.93. The van der Waals surface area contributed by atoms with Crippen molar-refractivity contribution in [2.75, 3.05) is 0 Å². The van der Waals surface area contributed by atoms with Crippen LogP contribution in [0.3, 0.4) is 0 Å².